The van der Waals surface area contributed by atoms with Gasteiger partial charge < -0.3 is 9.26 Å². The number of rotatable bonds is 4. The molecule has 1 aromatic carbocycles. The van der Waals surface area contributed by atoms with Crippen LogP contribution in [0.4, 0.5) is 0 Å². The Balaban J connectivity index is 2.92. The van der Waals surface area contributed by atoms with Gasteiger partial charge in [-0.3, -0.25) is 0 Å². The summed E-state index contributed by atoms with van der Waals surface area (Å²) in [5.74, 6) is 0.563. The molecule has 0 saturated heterocycles. The quantitative estimate of drug-likeness (QED) is 0.354. The first-order chi connectivity index (χ1) is 8.78. The summed E-state index contributed by atoms with van der Waals surface area (Å²) in [7, 11) is -1.90. The van der Waals surface area contributed by atoms with Crippen molar-refractivity contribution in [3.05, 3.63) is 35.9 Å². The van der Waals surface area contributed by atoms with Crippen LogP contribution in [-0.4, -0.2) is 20.8 Å². The van der Waals surface area contributed by atoms with Crippen LogP contribution in [0.2, 0.25) is 18.1 Å². The molecule has 0 aliphatic rings. The van der Waals surface area contributed by atoms with E-state index < -0.39 is 8.32 Å². The molecule has 0 spiro atoms. The number of nitrogens with zero attached hydrogens (tertiary/aromatic N) is 1. The van der Waals surface area contributed by atoms with Crippen LogP contribution in [0.1, 0.15) is 33.3 Å². The molecule has 19 heavy (non-hydrogen) atoms. The van der Waals surface area contributed by atoms with Crippen molar-refractivity contribution >= 4 is 14.2 Å². The van der Waals surface area contributed by atoms with Crippen molar-refractivity contribution in [1.82, 2.24) is 0 Å². The fourth-order valence-electron chi connectivity index (χ4n) is 1.17. The summed E-state index contributed by atoms with van der Waals surface area (Å²) >= 11 is 0. The SMILES string of the molecule is CCO/C(=N/O[Si](C)(C)C(C)(C)C)c1ccccc1. The standard InChI is InChI=1S/C15H25NO2Si/c1-7-17-14(13-11-9-8-10-12-13)16-18-19(5,6)15(2,3)4/h8-12H,7H2,1-6H3/b16-14+. The second kappa shape index (κ2) is 6.24. The minimum atomic E-state index is -1.90. The second-order valence-corrected chi connectivity index (χ2v) is 10.8. The smallest absolute Gasteiger partial charge is 0.286 e. The number of benzene rings is 1. The largest absolute Gasteiger partial charge is 0.476 e. The number of oxime groups is 1. The van der Waals surface area contributed by atoms with Crippen LogP contribution in [0.25, 0.3) is 0 Å². The molecule has 0 N–H and O–H groups in total. The van der Waals surface area contributed by atoms with Gasteiger partial charge >= 0.3 is 0 Å². The van der Waals surface area contributed by atoms with E-state index in [4.69, 9.17) is 9.26 Å². The van der Waals surface area contributed by atoms with Gasteiger partial charge in [-0.15, -0.1) is 0 Å². The predicted molar refractivity (Wildman–Crippen MR) is 82.9 cm³/mol. The van der Waals surface area contributed by atoms with Gasteiger partial charge in [-0.1, -0.05) is 44.1 Å². The van der Waals surface area contributed by atoms with Crippen LogP contribution in [-0.2, 0) is 9.26 Å². The molecule has 106 valence electrons. The van der Waals surface area contributed by atoms with Crippen molar-refractivity contribution in [2.45, 2.75) is 45.8 Å². The first kappa shape index (κ1) is 15.8. The third-order valence-corrected chi connectivity index (χ3v) is 7.62. The van der Waals surface area contributed by atoms with E-state index >= 15 is 0 Å². The molecule has 0 fully saturated rings. The van der Waals surface area contributed by atoms with Gasteiger partial charge in [0.15, 0.2) is 0 Å². The minimum absolute atomic E-state index is 0.129. The fourth-order valence-corrected chi connectivity index (χ4v) is 1.76. The molecular formula is C15H25NO2Si. The third-order valence-electron chi connectivity index (χ3n) is 3.46. The fraction of sp³-hybridized carbons (Fsp3) is 0.533. The molecule has 0 unspecified atom stereocenters. The highest BCUT2D eigenvalue weighted by molar-refractivity contribution is 6.74. The van der Waals surface area contributed by atoms with Gasteiger partial charge in [-0.25, -0.2) is 0 Å². The highest BCUT2D eigenvalue weighted by atomic mass is 28.4. The molecule has 0 amide bonds. The van der Waals surface area contributed by atoms with Gasteiger partial charge in [-0.05, 0) is 37.2 Å². The van der Waals surface area contributed by atoms with E-state index in [0.717, 1.165) is 5.56 Å². The van der Waals surface area contributed by atoms with Crippen molar-refractivity contribution in [3.8, 4) is 0 Å². The summed E-state index contributed by atoms with van der Waals surface area (Å²) in [4.78, 5) is 0. The molecule has 0 aromatic heterocycles. The zero-order chi connectivity index (χ0) is 14.5. The molecule has 1 aromatic rings. The van der Waals surface area contributed by atoms with Crippen LogP contribution in [0.5, 0.6) is 0 Å². The molecule has 0 heterocycles. The summed E-state index contributed by atoms with van der Waals surface area (Å²) in [6, 6.07) is 9.86. The Labute approximate surface area is 117 Å². The number of hydrogen-bond donors (Lipinski definition) is 0. The Hall–Kier alpha value is -1.29. The minimum Gasteiger partial charge on any atom is -0.476 e. The van der Waals surface area contributed by atoms with Crippen LogP contribution >= 0.6 is 0 Å². The lowest BCUT2D eigenvalue weighted by molar-refractivity contribution is 0.264. The van der Waals surface area contributed by atoms with E-state index in [1.54, 1.807) is 0 Å². The summed E-state index contributed by atoms with van der Waals surface area (Å²) in [6.07, 6.45) is 0. The average molecular weight is 279 g/mol. The van der Waals surface area contributed by atoms with Crippen LogP contribution < -0.4 is 0 Å². The molecule has 0 aliphatic heterocycles. The molecule has 4 heteroatoms. The zero-order valence-electron chi connectivity index (χ0n) is 12.9. The van der Waals surface area contributed by atoms with Gasteiger partial charge in [0.05, 0.1) is 6.61 Å². The lowest BCUT2D eigenvalue weighted by Gasteiger charge is -2.33. The Morgan fingerprint density at radius 2 is 1.74 bits per heavy atom. The van der Waals surface area contributed by atoms with E-state index in [1.165, 1.54) is 0 Å². The molecule has 0 aliphatic carbocycles. The number of ether oxygens (including phenoxy) is 1. The van der Waals surface area contributed by atoms with Crippen molar-refractivity contribution < 1.29 is 9.26 Å². The Bertz CT molecular complexity index is 422. The van der Waals surface area contributed by atoms with Gasteiger partial charge in [0.2, 0.25) is 0 Å². The van der Waals surface area contributed by atoms with E-state index in [-0.39, 0.29) is 5.04 Å². The average Bonchev–Trinajstić information content (AvgIpc) is 2.34. The molecule has 0 bridgehead atoms. The van der Waals surface area contributed by atoms with Crippen molar-refractivity contribution in [2.75, 3.05) is 6.61 Å². The Morgan fingerprint density at radius 1 is 1.16 bits per heavy atom. The summed E-state index contributed by atoms with van der Waals surface area (Å²) < 4.78 is 11.4. The van der Waals surface area contributed by atoms with Crippen molar-refractivity contribution in [3.63, 3.8) is 0 Å². The highest BCUT2D eigenvalue weighted by Gasteiger charge is 2.40. The van der Waals surface area contributed by atoms with Crippen molar-refractivity contribution in [1.29, 1.82) is 0 Å². The van der Waals surface area contributed by atoms with Gasteiger partial charge in [0, 0.05) is 5.56 Å². The molecule has 1 rings (SSSR count). The van der Waals surface area contributed by atoms with E-state index in [9.17, 15) is 0 Å². The zero-order valence-corrected chi connectivity index (χ0v) is 13.9. The third kappa shape index (κ3) is 4.38. The van der Waals surface area contributed by atoms with Gasteiger partial charge in [0.1, 0.15) is 0 Å². The van der Waals surface area contributed by atoms with Crippen molar-refractivity contribution in [2.24, 2.45) is 5.16 Å². The maximum atomic E-state index is 5.86. The summed E-state index contributed by atoms with van der Waals surface area (Å²) in [5, 5.41) is 4.41. The second-order valence-electron chi connectivity index (χ2n) is 6.05. The summed E-state index contributed by atoms with van der Waals surface area (Å²) in [5.41, 5.74) is 0.947. The molecule has 3 nitrogen and oxygen atoms in total. The normalized spacial score (nSPS) is 13.3. The lowest BCUT2D eigenvalue weighted by atomic mass is 10.2. The topological polar surface area (TPSA) is 30.8 Å². The van der Waals surface area contributed by atoms with Crippen LogP contribution in [0, 0.1) is 0 Å². The molecule has 0 saturated carbocycles. The van der Waals surface area contributed by atoms with E-state index in [0.29, 0.717) is 12.5 Å². The van der Waals surface area contributed by atoms with Crippen LogP contribution in [0.3, 0.4) is 0 Å². The maximum Gasteiger partial charge on any atom is 0.286 e. The van der Waals surface area contributed by atoms with Crippen LogP contribution in [0.15, 0.2) is 35.5 Å². The van der Waals surface area contributed by atoms with Gasteiger partial charge in [0.25, 0.3) is 14.2 Å². The molecular weight excluding hydrogens is 254 g/mol. The predicted octanol–water partition coefficient (Wildman–Crippen LogP) is 4.41. The van der Waals surface area contributed by atoms with Gasteiger partial charge in [-0.2, -0.15) is 0 Å². The number of hydrogen-bond acceptors (Lipinski definition) is 3. The first-order valence-corrected chi connectivity index (χ1v) is 9.63. The maximum absolute atomic E-state index is 5.86. The molecule has 0 atom stereocenters. The summed E-state index contributed by atoms with van der Waals surface area (Å²) in [6.45, 7) is 13.4. The highest BCUT2D eigenvalue weighted by Crippen LogP contribution is 2.36. The lowest BCUT2D eigenvalue weighted by Crippen LogP contribution is -2.39. The van der Waals surface area contributed by atoms with E-state index in [2.05, 4.69) is 39.0 Å². The Kier molecular flexibility index (Phi) is 5.17. The molecule has 0 radical (unpaired) electrons. The Morgan fingerprint density at radius 3 is 2.21 bits per heavy atom. The monoisotopic (exact) mass is 279 g/mol. The van der Waals surface area contributed by atoms with E-state index in [1.807, 2.05) is 37.3 Å². The first-order valence-electron chi connectivity index (χ1n) is 6.72.